The van der Waals surface area contributed by atoms with E-state index in [2.05, 4.69) is 41.2 Å². The van der Waals surface area contributed by atoms with Gasteiger partial charge in [-0.1, -0.05) is 6.92 Å². The van der Waals surface area contributed by atoms with Crippen LogP contribution < -0.4 is 5.32 Å². The Bertz CT molecular complexity index is 856. The summed E-state index contributed by atoms with van der Waals surface area (Å²) in [6.07, 6.45) is 6.95. The standard InChI is InChI=1S/C19H24N4OS/c1-12-6-7-13-16(9-12)25-19-17(13)18(21-11-22-19)20-10-14(23(2)3)15-5-4-8-24-15/h4-5,8,11-12,14H,6-7,9-10H2,1-3H3,(H,20,21,22)/t12-,14-/m0/s1. The van der Waals surface area contributed by atoms with Crippen LogP contribution in [0.1, 0.15) is 35.6 Å². The van der Waals surface area contributed by atoms with Gasteiger partial charge < -0.3 is 9.73 Å². The molecule has 0 saturated heterocycles. The first kappa shape index (κ1) is 16.5. The minimum absolute atomic E-state index is 0.162. The molecule has 132 valence electrons. The number of likely N-dealkylation sites (N-methyl/N-ethyl adjacent to an activating group) is 1. The van der Waals surface area contributed by atoms with E-state index in [1.165, 1.54) is 28.7 Å². The number of hydrogen-bond donors (Lipinski definition) is 1. The summed E-state index contributed by atoms with van der Waals surface area (Å²) in [5.41, 5.74) is 1.46. The molecule has 3 aromatic heterocycles. The summed E-state index contributed by atoms with van der Waals surface area (Å²) >= 11 is 1.84. The Labute approximate surface area is 152 Å². The van der Waals surface area contributed by atoms with Crippen LogP contribution in [0.25, 0.3) is 10.2 Å². The molecule has 1 aliphatic carbocycles. The van der Waals surface area contributed by atoms with Gasteiger partial charge in [-0.25, -0.2) is 9.97 Å². The molecule has 5 nitrogen and oxygen atoms in total. The molecular formula is C19H24N4OS. The molecule has 0 saturated carbocycles. The SMILES string of the molecule is C[C@H]1CCc2c(sc3ncnc(NC[C@@H](c4ccco4)N(C)C)c23)C1. The van der Waals surface area contributed by atoms with Crippen molar-refractivity contribution in [1.29, 1.82) is 0 Å². The number of nitrogens with zero attached hydrogens (tertiary/aromatic N) is 3. The van der Waals surface area contributed by atoms with Crippen LogP contribution in [-0.4, -0.2) is 35.5 Å². The molecule has 0 bridgehead atoms. The van der Waals surface area contributed by atoms with E-state index in [1.54, 1.807) is 12.6 Å². The average Bonchev–Trinajstić information content (AvgIpc) is 3.21. The molecule has 0 unspecified atom stereocenters. The lowest BCUT2D eigenvalue weighted by Gasteiger charge is -2.23. The van der Waals surface area contributed by atoms with Crippen molar-refractivity contribution in [2.24, 2.45) is 5.92 Å². The molecule has 0 fully saturated rings. The molecule has 3 heterocycles. The predicted molar refractivity (Wildman–Crippen MR) is 102 cm³/mol. The zero-order chi connectivity index (χ0) is 17.4. The molecule has 0 spiro atoms. The Kier molecular flexibility index (Phi) is 4.48. The highest BCUT2D eigenvalue weighted by atomic mass is 32.1. The monoisotopic (exact) mass is 356 g/mol. The van der Waals surface area contributed by atoms with Gasteiger partial charge in [0.05, 0.1) is 17.7 Å². The van der Waals surface area contributed by atoms with Gasteiger partial charge in [0.25, 0.3) is 0 Å². The lowest BCUT2D eigenvalue weighted by molar-refractivity contribution is 0.269. The maximum absolute atomic E-state index is 5.61. The van der Waals surface area contributed by atoms with Crippen molar-refractivity contribution in [3.63, 3.8) is 0 Å². The second-order valence-corrected chi connectivity index (χ2v) is 8.21. The predicted octanol–water partition coefficient (Wildman–Crippen LogP) is 4.12. The second kappa shape index (κ2) is 6.77. The van der Waals surface area contributed by atoms with Crippen molar-refractivity contribution in [3.8, 4) is 0 Å². The highest BCUT2D eigenvalue weighted by Gasteiger charge is 2.24. The van der Waals surface area contributed by atoms with Gasteiger partial charge in [-0.3, -0.25) is 4.90 Å². The molecule has 0 amide bonds. The van der Waals surface area contributed by atoms with Crippen LogP contribution >= 0.6 is 11.3 Å². The molecule has 3 aromatic rings. The number of aryl methyl sites for hydroxylation is 1. The summed E-state index contributed by atoms with van der Waals surface area (Å²) in [7, 11) is 4.14. The zero-order valence-electron chi connectivity index (χ0n) is 15.0. The van der Waals surface area contributed by atoms with Gasteiger partial charge in [0, 0.05) is 11.4 Å². The fraction of sp³-hybridized carbons (Fsp3) is 0.474. The maximum atomic E-state index is 5.61. The van der Waals surface area contributed by atoms with Gasteiger partial charge in [-0.05, 0) is 57.0 Å². The largest absolute Gasteiger partial charge is 0.468 e. The number of anilines is 1. The molecule has 1 aliphatic rings. The van der Waals surface area contributed by atoms with Crippen molar-refractivity contribution >= 4 is 27.4 Å². The topological polar surface area (TPSA) is 54.2 Å². The Morgan fingerprint density at radius 3 is 3.04 bits per heavy atom. The minimum atomic E-state index is 0.162. The highest BCUT2D eigenvalue weighted by Crippen LogP contribution is 2.39. The smallest absolute Gasteiger partial charge is 0.138 e. The molecule has 25 heavy (non-hydrogen) atoms. The Hall–Kier alpha value is -1.92. The molecule has 4 rings (SSSR count). The van der Waals surface area contributed by atoms with Gasteiger partial charge in [0.1, 0.15) is 22.7 Å². The Morgan fingerprint density at radius 2 is 2.28 bits per heavy atom. The van der Waals surface area contributed by atoms with Gasteiger partial charge in [0.2, 0.25) is 0 Å². The molecule has 0 radical (unpaired) electrons. The lowest BCUT2D eigenvalue weighted by Crippen LogP contribution is -2.26. The molecule has 6 heteroatoms. The Balaban J connectivity index is 1.63. The average molecular weight is 356 g/mol. The first-order valence-corrected chi connectivity index (χ1v) is 9.64. The third-order valence-electron chi connectivity index (χ3n) is 5.05. The number of hydrogen-bond acceptors (Lipinski definition) is 6. The van der Waals surface area contributed by atoms with E-state index in [1.807, 2.05) is 23.5 Å². The molecule has 0 aliphatic heterocycles. The van der Waals surface area contributed by atoms with E-state index in [4.69, 9.17) is 4.42 Å². The number of thiophene rings is 1. The zero-order valence-corrected chi connectivity index (χ0v) is 15.8. The fourth-order valence-corrected chi connectivity index (χ4v) is 4.97. The van der Waals surface area contributed by atoms with Crippen LogP contribution in [0.3, 0.4) is 0 Å². The summed E-state index contributed by atoms with van der Waals surface area (Å²) < 4.78 is 5.61. The minimum Gasteiger partial charge on any atom is -0.468 e. The number of nitrogens with one attached hydrogen (secondary N) is 1. The Morgan fingerprint density at radius 1 is 1.40 bits per heavy atom. The number of fused-ring (bicyclic) bond motifs is 3. The summed E-state index contributed by atoms with van der Waals surface area (Å²) in [5.74, 6) is 2.68. The first-order valence-electron chi connectivity index (χ1n) is 8.82. The molecular weight excluding hydrogens is 332 g/mol. The maximum Gasteiger partial charge on any atom is 0.138 e. The van der Waals surface area contributed by atoms with Gasteiger partial charge in [-0.2, -0.15) is 0 Å². The highest BCUT2D eigenvalue weighted by molar-refractivity contribution is 7.19. The fourth-order valence-electron chi connectivity index (χ4n) is 3.62. The third kappa shape index (κ3) is 3.16. The van der Waals surface area contributed by atoms with E-state index < -0.39 is 0 Å². The lowest BCUT2D eigenvalue weighted by atomic mass is 9.89. The summed E-state index contributed by atoms with van der Waals surface area (Å²) in [6, 6.07) is 4.12. The van der Waals surface area contributed by atoms with Crippen LogP contribution in [0.5, 0.6) is 0 Å². The van der Waals surface area contributed by atoms with E-state index in [9.17, 15) is 0 Å². The van der Waals surface area contributed by atoms with E-state index >= 15 is 0 Å². The van der Waals surface area contributed by atoms with Crippen molar-refractivity contribution in [2.75, 3.05) is 26.0 Å². The van der Waals surface area contributed by atoms with Crippen LogP contribution in [-0.2, 0) is 12.8 Å². The van der Waals surface area contributed by atoms with Crippen molar-refractivity contribution in [1.82, 2.24) is 14.9 Å². The molecule has 1 N–H and O–H groups in total. The van der Waals surface area contributed by atoms with E-state index in [-0.39, 0.29) is 6.04 Å². The van der Waals surface area contributed by atoms with Crippen LogP contribution in [0.2, 0.25) is 0 Å². The van der Waals surface area contributed by atoms with Gasteiger partial charge >= 0.3 is 0 Å². The number of furan rings is 1. The summed E-state index contributed by atoms with van der Waals surface area (Å²) in [4.78, 5) is 13.8. The third-order valence-corrected chi connectivity index (χ3v) is 6.21. The van der Waals surface area contributed by atoms with Crippen molar-refractivity contribution < 1.29 is 4.42 Å². The van der Waals surface area contributed by atoms with Crippen molar-refractivity contribution in [2.45, 2.75) is 32.2 Å². The molecule has 2 atom stereocenters. The number of aromatic nitrogens is 2. The van der Waals surface area contributed by atoms with E-state index in [0.717, 1.165) is 35.3 Å². The van der Waals surface area contributed by atoms with Gasteiger partial charge in [0.15, 0.2) is 0 Å². The van der Waals surface area contributed by atoms with Gasteiger partial charge in [-0.15, -0.1) is 11.3 Å². The number of rotatable bonds is 5. The van der Waals surface area contributed by atoms with Crippen LogP contribution in [0, 0.1) is 5.92 Å². The molecule has 0 aromatic carbocycles. The van der Waals surface area contributed by atoms with Crippen molar-refractivity contribution in [3.05, 3.63) is 40.9 Å². The summed E-state index contributed by atoms with van der Waals surface area (Å²) in [5, 5.41) is 4.79. The normalized spacial score (nSPS) is 18.5. The van der Waals surface area contributed by atoms with Crippen LogP contribution in [0.4, 0.5) is 5.82 Å². The summed E-state index contributed by atoms with van der Waals surface area (Å²) in [6.45, 7) is 3.08. The van der Waals surface area contributed by atoms with Crippen LogP contribution in [0.15, 0.2) is 29.1 Å². The van der Waals surface area contributed by atoms with E-state index in [0.29, 0.717) is 0 Å². The first-order chi connectivity index (χ1) is 12.1. The second-order valence-electron chi connectivity index (χ2n) is 7.13. The quantitative estimate of drug-likeness (QED) is 0.745.